The molecule has 4 heteroatoms. The standard InChI is InChI=1S/C15H19N3O/c1-3-18-14-8-7-12(11-16)10-13(14)17-15(18)6-5-9-19-4-2/h7-8,10H,3-6,9H2,1-2H3. The van der Waals surface area contributed by atoms with E-state index in [1.54, 1.807) is 0 Å². The molecule has 0 aliphatic heterocycles. The summed E-state index contributed by atoms with van der Waals surface area (Å²) >= 11 is 0. The van der Waals surface area contributed by atoms with E-state index in [9.17, 15) is 0 Å². The Morgan fingerprint density at radius 2 is 2.21 bits per heavy atom. The van der Waals surface area contributed by atoms with Crippen LogP contribution in [0.5, 0.6) is 0 Å². The Kier molecular flexibility index (Phi) is 4.53. The molecule has 1 aromatic heterocycles. The predicted molar refractivity (Wildman–Crippen MR) is 74.9 cm³/mol. The van der Waals surface area contributed by atoms with E-state index in [-0.39, 0.29) is 0 Å². The maximum atomic E-state index is 8.93. The number of nitrogens with zero attached hydrogens (tertiary/aromatic N) is 3. The van der Waals surface area contributed by atoms with Crippen molar-refractivity contribution >= 4 is 11.0 Å². The summed E-state index contributed by atoms with van der Waals surface area (Å²) in [5.74, 6) is 1.08. The molecular weight excluding hydrogens is 238 g/mol. The number of benzene rings is 1. The van der Waals surface area contributed by atoms with Gasteiger partial charge in [0, 0.05) is 26.2 Å². The molecule has 100 valence electrons. The van der Waals surface area contributed by atoms with E-state index in [4.69, 9.17) is 10.00 Å². The van der Waals surface area contributed by atoms with Crippen molar-refractivity contribution in [2.75, 3.05) is 13.2 Å². The Labute approximate surface area is 113 Å². The molecule has 2 aromatic rings. The van der Waals surface area contributed by atoms with Gasteiger partial charge in [-0.25, -0.2) is 4.98 Å². The van der Waals surface area contributed by atoms with Crippen LogP contribution in [0.25, 0.3) is 11.0 Å². The van der Waals surface area contributed by atoms with E-state index in [0.29, 0.717) is 5.56 Å². The van der Waals surface area contributed by atoms with Crippen LogP contribution in [0.15, 0.2) is 18.2 Å². The predicted octanol–water partition coefficient (Wildman–Crippen LogP) is 2.90. The van der Waals surface area contributed by atoms with E-state index in [1.165, 1.54) is 0 Å². The van der Waals surface area contributed by atoms with Gasteiger partial charge in [0.15, 0.2) is 0 Å². The van der Waals surface area contributed by atoms with Crippen molar-refractivity contribution in [1.82, 2.24) is 9.55 Å². The topological polar surface area (TPSA) is 50.8 Å². The van der Waals surface area contributed by atoms with E-state index >= 15 is 0 Å². The summed E-state index contributed by atoms with van der Waals surface area (Å²) in [6.07, 6.45) is 1.88. The molecule has 0 aliphatic rings. The average molecular weight is 257 g/mol. The van der Waals surface area contributed by atoms with Crippen LogP contribution in [0.4, 0.5) is 0 Å². The molecule has 0 bridgehead atoms. The van der Waals surface area contributed by atoms with Gasteiger partial charge in [-0.1, -0.05) is 0 Å². The summed E-state index contributed by atoms with van der Waals surface area (Å²) in [4.78, 5) is 4.65. The lowest BCUT2D eigenvalue weighted by molar-refractivity contribution is 0.144. The van der Waals surface area contributed by atoms with Gasteiger partial charge in [-0.3, -0.25) is 0 Å². The van der Waals surface area contributed by atoms with Crippen LogP contribution >= 0.6 is 0 Å². The first kappa shape index (κ1) is 13.6. The summed E-state index contributed by atoms with van der Waals surface area (Å²) in [6.45, 7) is 6.55. The van der Waals surface area contributed by atoms with E-state index in [0.717, 1.165) is 49.5 Å². The molecule has 0 aliphatic carbocycles. The lowest BCUT2D eigenvalue weighted by atomic mass is 10.2. The van der Waals surface area contributed by atoms with Crippen LogP contribution < -0.4 is 0 Å². The quantitative estimate of drug-likeness (QED) is 0.748. The number of ether oxygens (including phenoxy) is 1. The lowest BCUT2D eigenvalue weighted by Crippen LogP contribution is -2.04. The van der Waals surface area contributed by atoms with Crippen LogP contribution in [0.2, 0.25) is 0 Å². The highest BCUT2D eigenvalue weighted by molar-refractivity contribution is 5.77. The van der Waals surface area contributed by atoms with Crippen molar-refractivity contribution in [1.29, 1.82) is 5.26 Å². The molecule has 0 saturated carbocycles. The number of nitriles is 1. The maximum absolute atomic E-state index is 8.93. The third kappa shape index (κ3) is 2.94. The SMILES string of the molecule is CCOCCCc1nc2cc(C#N)ccc2n1CC. The zero-order chi connectivity index (χ0) is 13.7. The Morgan fingerprint density at radius 3 is 2.89 bits per heavy atom. The largest absolute Gasteiger partial charge is 0.382 e. The second-order valence-corrected chi connectivity index (χ2v) is 4.39. The molecule has 0 amide bonds. The van der Waals surface area contributed by atoms with Gasteiger partial charge in [0.05, 0.1) is 22.7 Å². The van der Waals surface area contributed by atoms with Gasteiger partial charge in [-0.2, -0.15) is 5.26 Å². The number of rotatable bonds is 6. The minimum Gasteiger partial charge on any atom is -0.382 e. The van der Waals surface area contributed by atoms with Crippen LogP contribution in [0.1, 0.15) is 31.7 Å². The van der Waals surface area contributed by atoms with E-state index in [2.05, 4.69) is 22.5 Å². The number of imidazole rings is 1. The molecule has 0 spiro atoms. The molecular formula is C15H19N3O. The molecule has 1 aromatic carbocycles. The molecule has 0 saturated heterocycles. The van der Waals surface area contributed by atoms with Gasteiger partial charge in [0.2, 0.25) is 0 Å². The molecule has 0 fully saturated rings. The second kappa shape index (κ2) is 6.35. The molecule has 0 radical (unpaired) electrons. The van der Waals surface area contributed by atoms with Crippen molar-refractivity contribution in [2.45, 2.75) is 33.2 Å². The molecule has 0 unspecified atom stereocenters. The lowest BCUT2D eigenvalue weighted by Gasteiger charge is -2.06. The molecule has 19 heavy (non-hydrogen) atoms. The Bertz CT molecular complexity index is 595. The van der Waals surface area contributed by atoms with Crippen LogP contribution in [0.3, 0.4) is 0 Å². The Morgan fingerprint density at radius 1 is 1.37 bits per heavy atom. The van der Waals surface area contributed by atoms with Gasteiger partial charge in [-0.05, 0) is 38.5 Å². The third-order valence-corrected chi connectivity index (χ3v) is 3.17. The number of fused-ring (bicyclic) bond motifs is 1. The van der Waals surface area contributed by atoms with Crippen LogP contribution in [0, 0.1) is 11.3 Å². The van der Waals surface area contributed by atoms with Gasteiger partial charge in [-0.15, -0.1) is 0 Å². The maximum Gasteiger partial charge on any atom is 0.109 e. The van der Waals surface area contributed by atoms with Crippen LogP contribution in [-0.4, -0.2) is 22.8 Å². The minimum absolute atomic E-state index is 0.661. The highest BCUT2D eigenvalue weighted by Gasteiger charge is 2.09. The Balaban J connectivity index is 2.25. The fraction of sp³-hybridized carbons (Fsp3) is 0.467. The van der Waals surface area contributed by atoms with E-state index in [1.807, 2.05) is 25.1 Å². The number of hydrogen-bond donors (Lipinski definition) is 0. The number of aromatic nitrogens is 2. The third-order valence-electron chi connectivity index (χ3n) is 3.17. The molecule has 0 N–H and O–H groups in total. The van der Waals surface area contributed by atoms with Gasteiger partial charge >= 0.3 is 0 Å². The van der Waals surface area contributed by atoms with Crippen molar-refractivity contribution in [3.8, 4) is 6.07 Å². The first-order valence-corrected chi connectivity index (χ1v) is 6.77. The highest BCUT2D eigenvalue weighted by Crippen LogP contribution is 2.18. The minimum atomic E-state index is 0.661. The first-order chi connectivity index (χ1) is 9.30. The fourth-order valence-electron chi connectivity index (χ4n) is 2.27. The molecule has 0 atom stereocenters. The smallest absolute Gasteiger partial charge is 0.109 e. The average Bonchev–Trinajstić information content (AvgIpc) is 2.79. The molecule has 1 heterocycles. The number of hydrogen-bond acceptors (Lipinski definition) is 3. The van der Waals surface area contributed by atoms with Crippen molar-refractivity contribution in [2.24, 2.45) is 0 Å². The monoisotopic (exact) mass is 257 g/mol. The van der Waals surface area contributed by atoms with Gasteiger partial charge < -0.3 is 9.30 Å². The Hall–Kier alpha value is -1.86. The normalized spacial score (nSPS) is 10.8. The zero-order valence-corrected chi connectivity index (χ0v) is 11.5. The molecule has 4 nitrogen and oxygen atoms in total. The van der Waals surface area contributed by atoms with Crippen LogP contribution in [-0.2, 0) is 17.7 Å². The van der Waals surface area contributed by atoms with Crippen molar-refractivity contribution < 1.29 is 4.74 Å². The van der Waals surface area contributed by atoms with E-state index < -0.39 is 0 Å². The summed E-state index contributed by atoms with van der Waals surface area (Å²) < 4.78 is 7.57. The highest BCUT2D eigenvalue weighted by atomic mass is 16.5. The van der Waals surface area contributed by atoms with Crippen molar-refractivity contribution in [3.05, 3.63) is 29.6 Å². The number of aryl methyl sites for hydroxylation is 2. The van der Waals surface area contributed by atoms with Crippen molar-refractivity contribution in [3.63, 3.8) is 0 Å². The van der Waals surface area contributed by atoms with Gasteiger partial charge in [0.1, 0.15) is 5.82 Å². The fourth-order valence-corrected chi connectivity index (χ4v) is 2.27. The first-order valence-electron chi connectivity index (χ1n) is 6.77. The summed E-state index contributed by atoms with van der Waals surface area (Å²) in [5.41, 5.74) is 2.68. The summed E-state index contributed by atoms with van der Waals surface area (Å²) in [6, 6.07) is 7.84. The second-order valence-electron chi connectivity index (χ2n) is 4.39. The van der Waals surface area contributed by atoms with Gasteiger partial charge in [0.25, 0.3) is 0 Å². The zero-order valence-electron chi connectivity index (χ0n) is 11.5. The summed E-state index contributed by atoms with van der Waals surface area (Å²) in [7, 11) is 0. The summed E-state index contributed by atoms with van der Waals surface area (Å²) in [5, 5.41) is 8.93. The molecule has 2 rings (SSSR count).